The van der Waals surface area contributed by atoms with Crippen molar-refractivity contribution in [2.75, 3.05) is 38.7 Å². The molecule has 9 heteroatoms. The third-order valence-corrected chi connectivity index (χ3v) is 6.51. The van der Waals surface area contributed by atoms with Crippen molar-refractivity contribution in [1.29, 1.82) is 0 Å². The SMILES string of the molecule is COc1ccc2ccccc2c1C(=O)Nc1c[nH]nc1-c1nc2cc(CN3CCOCC3)ccc2[nH]1. The van der Waals surface area contributed by atoms with Crippen LogP contribution in [0.25, 0.3) is 33.3 Å². The van der Waals surface area contributed by atoms with Crippen LogP contribution in [0.5, 0.6) is 5.75 Å². The molecular formula is C27H26N6O3. The summed E-state index contributed by atoms with van der Waals surface area (Å²) in [5, 5.41) is 12.0. The Bertz CT molecular complexity index is 1550. The number of ether oxygens (including phenoxy) is 2. The largest absolute Gasteiger partial charge is 0.496 e. The van der Waals surface area contributed by atoms with Crippen LogP contribution in [0.4, 0.5) is 5.69 Å². The van der Waals surface area contributed by atoms with E-state index in [4.69, 9.17) is 14.5 Å². The number of hydrogen-bond donors (Lipinski definition) is 3. The van der Waals surface area contributed by atoms with Crippen molar-refractivity contribution in [2.24, 2.45) is 0 Å². The van der Waals surface area contributed by atoms with Crippen LogP contribution in [0.3, 0.4) is 0 Å². The number of imidazole rings is 1. The molecule has 1 aliphatic heterocycles. The number of methoxy groups -OCH3 is 1. The molecule has 1 fully saturated rings. The Morgan fingerprint density at radius 2 is 2.00 bits per heavy atom. The summed E-state index contributed by atoms with van der Waals surface area (Å²) in [5.41, 5.74) is 4.50. The van der Waals surface area contributed by atoms with Gasteiger partial charge in [0, 0.05) is 25.8 Å². The highest BCUT2D eigenvalue weighted by Gasteiger charge is 2.20. The zero-order chi connectivity index (χ0) is 24.5. The molecular weight excluding hydrogens is 456 g/mol. The molecule has 0 radical (unpaired) electrons. The van der Waals surface area contributed by atoms with Crippen molar-refractivity contribution >= 4 is 33.4 Å². The van der Waals surface area contributed by atoms with Crippen molar-refractivity contribution in [1.82, 2.24) is 25.1 Å². The quantitative estimate of drug-likeness (QED) is 0.335. The van der Waals surface area contributed by atoms with E-state index in [1.165, 1.54) is 5.56 Å². The molecule has 3 N–H and O–H groups in total. The minimum atomic E-state index is -0.282. The number of nitrogens with zero attached hydrogens (tertiary/aromatic N) is 3. The zero-order valence-corrected chi connectivity index (χ0v) is 19.9. The molecule has 36 heavy (non-hydrogen) atoms. The Balaban J connectivity index is 1.28. The first kappa shape index (κ1) is 22.3. The summed E-state index contributed by atoms with van der Waals surface area (Å²) in [7, 11) is 1.56. The van der Waals surface area contributed by atoms with Crippen LogP contribution >= 0.6 is 0 Å². The number of rotatable bonds is 6. The summed E-state index contributed by atoms with van der Waals surface area (Å²) >= 11 is 0. The zero-order valence-electron chi connectivity index (χ0n) is 19.9. The lowest BCUT2D eigenvalue weighted by molar-refractivity contribution is 0.0342. The van der Waals surface area contributed by atoms with Gasteiger partial charge < -0.3 is 19.8 Å². The van der Waals surface area contributed by atoms with E-state index in [0.29, 0.717) is 28.5 Å². The topological polar surface area (TPSA) is 108 Å². The Kier molecular flexibility index (Phi) is 5.84. The minimum absolute atomic E-state index is 0.282. The van der Waals surface area contributed by atoms with Gasteiger partial charge in [0.2, 0.25) is 0 Å². The van der Waals surface area contributed by atoms with Crippen molar-refractivity contribution < 1.29 is 14.3 Å². The van der Waals surface area contributed by atoms with E-state index in [0.717, 1.165) is 54.7 Å². The van der Waals surface area contributed by atoms with Gasteiger partial charge in [-0.15, -0.1) is 0 Å². The number of benzene rings is 3. The minimum Gasteiger partial charge on any atom is -0.496 e. The van der Waals surface area contributed by atoms with Gasteiger partial charge in [-0.2, -0.15) is 5.10 Å². The number of anilines is 1. The highest BCUT2D eigenvalue weighted by Crippen LogP contribution is 2.31. The van der Waals surface area contributed by atoms with Gasteiger partial charge >= 0.3 is 0 Å². The number of fused-ring (bicyclic) bond motifs is 2. The first-order valence-corrected chi connectivity index (χ1v) is 11.9. The molecule has 0 spiro atoms. The highest BCUT2D eigenvalue weighted by molar-refractivity contribution is 6.15. The van der Waals surface area contributed by atoms with Crippen LogP contribution < -0.4 is 10.1 Å². The molecule has 1 aliphatic rings. The first-order valence-electron chi connectivity index (χ1n) is 11.9. The molecule has 3 heterocycles. The molecule has 0 saturated carbocycles. The monoisotopic (exact) mass is 482 g/mol. The molecule has 0 unspecified atom stereocenters. The lowest BCUT2D eigenvalue weighted by Crippen LogP contribution is -2.35. The van der Waals surface area contributed by atoms with Crippen LogP contribution in [0, 0.1) is 0 Å². The summed E-state index contributed by atoms with van der Waals surface area (Å²) < 4.78 is 10.9. The maximum absolute atomic E-state index is 13.4. The number of carbonyl (C=O) groups excluding carboxylic acids is 1. The number of aromatic amines is 2. The first-order chi connectivity index (χ1) is 17.7. The number of nitrogens with one attached hydrogen (secondary N) is 3. The third-order valence-electron chi connectivity index (χ3n) is 6.51. The Morgan fingerprint density at radius 3 is 2.86 bits per heavy atom. The number of amides is 1. The molecule has 0 bridgehead atoms. The van der Waals surface area contributed by atoms with Gasteiger partial charge in [0.05, 0.1) is 42.6 Å². The predicted molar refractivity (Wildman–Crippen MR) is 138 cm³/mol. The maximum atomic E-state index is 13.4. The van der Waals surface area contributed by atoms with Crippen molar-refractivity contribution in [3.63, 3.8) is 0 Å². The van der Waals surface area contributed by atoms with Gasteiger partial charge in [-0.05, 0) is 34.5 Å². The standard InChI is InChI=1S/C27H26N6O3/c1-35-23-9-7-18-4-2-3-5-19(18)24(23)27(34)31-22-15-28-32-25(22)26-29-20-8-6-17(14-21(20)30-26)16-33-10-12-36-13-11-33/h2-9,14-15H,10-13,16H2,1H3,(H,28,32)(H,29,30)(H,31,34). The Morgan fingerprint density at radius 1 is 1.14 bits per heavy atom. The summed E-state index contributed by atoms with van der Waals surface area (Å²) in [6.45, 7) is 4.27. The second-order valence-corrected chi connectivity index (χ2v) is 8.79. The molecule has 6 rings (SSSR count). The van der Waals surface area contributed by atoms with Gasteiger partial charge in [0.25, 0.3) is 5.91 Å². The molecule has 3 aromatic carbocycles. The molecule has 9 nitrogen and oxygen atoms in total. The fourth-order valence-corrected chi connectivity index (χ4v) is 4.69. The molecule has 5 aromatic rings. The fraction of sp³-hybridized carbons (Fsp3) is 0.222. The van der Waals surface area contributed by atoms with Crippen LogP contribution in [0.15, 0.2) is 60.8 Å². The van der Waals surface area contributed by atoms with Gasteiger partial charge in [0.1, 0.15) is 5.75 Å². The van der Waals surface area contributed by atoms with E-state index in [9.17, 15) is 4.79 Å². The van der Waals surface area contributed by atoms with Crippen LogP contribution in [-0.4, -0.2) is 64.4 Å². The summed E-state index contributed by atoms with van der Waals surface area (Å²) in [5.74, 6) is 0.804. The van der Waals surface area contributed by atoms with Crippen molar-refractivity contribution in [3.05, 3.63) is 71.9 Å². The Hall–Kier alpha value is -4.21. The van der Waals surface area contributed by atoms with Gasteiger partial charge in [-0.3, -0.25) is 14.8 Å². The second-order valence-electron chi connectivity index (χ2n) is 8.79. The number of morpholine rings is 1. The molecule has 1 saturated heterocycles. The normalized spacial score (nSPS) is 14.4. The lowest BCUT2D eigenvalue weighted by Gasteiger charge is -2.26. The smallest absolute Gasteiger partial charge is 0.260 e. The maximum Gasteiger partial charge on any atom is 0.260 e. The average molecular weight is 483 g/mol. The molecule has 182 valence electrons. The molecule has 0 atom stereocenters. The average Bonchev–Trinajstić information content (AvgIpc) is 3.54. The number of carbonyl (C=O) groups is 1. The van der Waals surface area contributed by atoms with Crippen LogP contribution in [0.2, 0.25) is 0 Å². The fourth-order valence-electron chi connectivity index (χ4n) is 4.69. The van der Waals surface area contributed by atoms with Crippen molar-refractivity contribution in [2.45, 2.75) is 6.54 Å². The van der Waals surface area contributed by atoms with E-state index >= 15 is 0 Å². The van der Waals surface area contributed by atoms with E-state index in [2.05, 4.69) is 37.5 Å². The number of hydrogen-bond acceptors (Lipinski definition) is 6. The summed E-state index contributed by atoms with van der Waals surface area (Å²) in [6, 6.07) is 17.7. The van der Waals surface area contributed by atoms with E-state index in [1.54, 1.807) is 19.4 Å². The summed E-state index contributed by atoms with van der Waals surface area (Å²) in [4.78, 5) is 23.9. The van der Waals surface area contributed by atoms with E-state index in [1.807, 2.05) is 36.4 Å². The third kappa shape index (κ3) is 4.19. The van der Waals surface area contributed by atoms with Gasteiger partial charge in [-0.1, -0.05) is 36.4 Å². The second kappa shape index (κ2) is 9.44. The van der Waals surface area contributed by atoms with E-state index in [-0.39, 0.29) is 5.91 Å². The number of aromatic nitrogens is 4. The van der Waals surface area contributed by atoms with Crippen LogP contribution in [0.1, 0.15) is 15.9 Å². The predicted octanol–water partition coefficient (Wildman–Crippen LogP) is 4.20. The molecule has 1 amide bonds. The highest BCUT2D eigenvalue weighted by atomic mass is 16.5. The van der Waals surface area contributed by atoms with E-state index < -0.39 is 0 Å². The Labute approximate surface area is 207 Å². The summed E-state index contributed by atoms with van der Waals surface area (Å²) in [6.07, 6.45) is 1.65. The number of H-pyrrole nitrogens is 2. The molecule has 0 aliphatic carbocycles. The van der Waals surface area contributed by atoms with Crippen LogP contribution in [-0.2, 0) is 11.3 Å². The molecule has 2 aromatic heterocycles. The lowest BCUT2D eigenvalue weighted by atomic mass is 10.0. The van der Waals surface area contributed by atoms with Gasteiger partial charge in [-0.25, -0.2) is 4.98 Å². The van der Waals surface area contributed by atoms with Gasteiger partial charge in [0.15, 0.2) is 11.5 Å². The van der Waals surface area contributed by atoms with Crippen molar-refractivity contribution in [3.8, 4) is 17.3 Å².